The zero-order valence-electron chi connectivity index (χ0n) is 9.81. The molecule has 1 unspecified atom stereocenters. The maximum atomic E-state index is 11.3. The van der Waals surface area contributed by atoms with Crippen LogP contribution in [0.4, 0.5) is 0 Å². The Kier molecular flexibility index (Phi) is 5.39. The number of methoxy groups -OCH3 is 1. The smallest absolute Gasteiger partial charge is 0.211 e. The normalized spacial score (nSPS) is 13.6. The summed E-state index contributed by atoms with van der Waals surface area (Å²) in [7, 11) is -1.70. The Labute approximate surface area is 107 Å². The van der Waals surface area contributed by atoms with Gasteiger partial charge in [-0.3, -0.25) is 0 Å². The lowest BCUT2D eigenvalue weighted by molar-refractivity contribution is 0.107. The number of sulfonamides is 1. The minimum Gasteiger partial charge on any atom is -0.375 e. The number of ether oxygens (including phenoxy) is 1. The van der Waals surface area contributed by atoms with E-state index in [-0.39, 0.29) is 18.4 Å². The van der Waals surface area contributed by atoms with Gasteiger partial charge in [0.25, 0.3) is 0 Å². The van der Waals surface area contributed by atoms with E-state index in [4.69, 9.17) is 16.3 Å². The number of hydrogen-bond acceptors (Lipinski definition) is 3. The highest BCUT2D eigenvalue weighted by atomic mass is 35.5. The van der Waals surface area contributed by atoms with Gasteiger partial charge in [0.1, 0.15) is 0 Å². The van der Waals surface area contributed by atoms with Crippen molar-refractivity contribution in [3.63, 3.8) is 0 Å². The first-order chi connectivity index (χ1) is 8.00. The molecule has 1 rings (SSSR count). The Morgan fingerprint density at radius 2 is 2.06 bits per heavy atom. The van der Waals surface area contributed by atoms with Gasteiger partial charge in [0.05, 0.1) is 11.9 Å². The summed E-state index contributed by atoms with van der Waals surface area (Å²) in [5.74, 6) is 0.0476. The molecule has 0 aliphatic carbocycles. The van der Waals surface area contributed by atoms with Gasteiger partial charge >= 0.3 is 0 Å². The van der Waals surface area contributed by atoms with E-state index in [0.717, 1.165) is 5.56 Å². The quantitative estimate of drug-likeness (QED) is 0.865. The molecule has 4 nitrogen and oxygen atoms in total. The first kappa shape index (κ1) is 14.4. The number of hydrogen-bond donors (Lipinski definition) is 1. The summed E-state index contributed by atoms with van der Waals surface area (Å²) in [5, 5.41) is 0.565. The highest BCUT2D eigenvalue weighted by molar-refractivity contribution is 7.89. The van der Waals surface area contributed by atoms with E-state index >= 15 is 0 Å². The van der Waals surface area contributed by atoms with Crippen molar-refractivity contribution < 1.29 is 13.2 Å². The third kappa shape index (κ3) is 4.27. The summed E-state index contributed by atoms with van der Waals surface area (Å²) in [4.78, 5) is 0. The molecule has 0 bridgehead atoms. The molecule has 0 spiro atoms. The van der Waals surface area contributed by atoms with Crippen molar-refractivity contribution in [3.8, 4) is 0 Å². The molecule has 1 atom stereocenters. The van der Waals surface area contributed by atoms with E-state index < -0.39 is 10.0 Å². The van der Waals surface area contributed by atoms with Crippen molar-refractivity contribution >= 4 is 21.6 Å². The minimum atomic E-state index is -3.22. The zero-order valence-corrected chi connectivity index (χ0v) is 11.4. The van der Waals surface area contributed by atoms with E-state index in [9.17, 15) is 8.42 Å². The fourth-order valence-corrected chi connectivity index (χ4v) is 2.23. The molecule has 0 aliphatic heterocycles. The molecular weight excluding hydrogens is 262 g/mol. The number of rotatable bonds is 6. The highest BCUT2D eigenvalue weighted by Crippen LogP contribution is 2.24. The lowest BCUT2D eigenvalue weighted by Gasteiger charge is -2.17. The Morgan fingerprint density at radius 3 is 2.59 bits per heavy atom. The lowest BCUT2D eigenvalue weighted by atomic mass is 10.1. The van der Waals surface area contributed by atoms with Crippen molar-refractivity contribution in [1.29, 1.82) is 0 Å². The van der Waals surface area contributed by atoms with Crippen LogP contribution < -0.4 is 4.72 Å². The SMILES string of the molecule is CCS(=O)(=O)NCC(OC)c1ccccc1Cl. The monoisotopic (exact) mass is 277 g/mol. The van der Waals surface area contributed by atoms with Gasteiger partial charge in [-0.25, -0.2) is 13.1 Å². The summed E-state index contributed by atoms with van der Waals surface area (Å²) >= 11 is 6.02. The Hall–Kier alpha value is -0.620. The van der Waals surface area contributed by atoms with E-state index in [1.54, 1.807) is 13.0 Å². The molecule has 1 aromatic carbocycles. The fourth-order valence-electron chi connectivity index (χ4n) is 1.36. The van der Waals surface area contributed by atoms with Crippen LogP contribution in [0.25, 0.3) is 0 Å². The second kappa shape index (κ2) is 6.35. The summed E-state index contributed by atoms with van der Waals surface area (Å²) in [6.45, 7) is 1.76. The van der Waals surface area contributed by atoms with Crippen LogP contribution in [0.1, 0.15) is 18.6 Å². The molecule has 0 aromatic heterocycles. The topological polar surface area (TPSA) is 55.4 Å². The van der Waals surface area contributed by atoms with Crippen LogP contribution in [0.15, 0.2) is 24.3 Å². The largest absolute Gasteiger partial charge is 0.375 e. The van der Waals surface area contributed by atoms with Crippen LogP contribution in [-0.4, -0.2) is 27.8 Å². The van der Waals surface area contributed by atoms with Crippen molar-refractivity contribution in [2.45, 2.75) is 13.0 Å². The zero-order chi connectivity index (χ0) is 12.9. The molecule has 0 heterocycles. The molecule has 0 radical (unpaired) electrons. The maximum Gasteiger partial charge on any atom is 0.211 e. The fraction of sp³-hybridized carbons (Fsp3) is 0.455. The third-order valence-corrected chi connectivity index (χ3v) is 4.12. The van der Waals surface area contributed by atoms with Crippen molar-refractivity contribution in [3.05, 3.63) is 34.9 Å². The predicted octanol–water partition coefficient (Wildman–Crippen LogP) is 1.97. The first-order valence-corrected chi connectivity index (χ1v) is 7.27. The van der Waals surface area contributed by atoms with Crippen molar-refractivity contribution in [2.24, 2.45) is 0 Å². The van der Waals surface area contributed by atoms with Gasteiger partial charge in [-0.1, -0.05) is 29.8 Å². The van der Waals surface area contributed by atoms with E-state index in [2.05, 4.69) is 4.72 Å². The number of nitrogens with one attached hydrogen (secondary N) is 1. The molecule has 1 N–H and O–H groups in total. The minimum absolute atomic E-state index is 0.0476. The van der Waals surface area contributed by atoms with E-state index in [1.807, 2.05) is 18.2 Å². The molecule has 0 saturated heterocycles. The molecule has 96 valence electrons. The number of benzene rings is 1. The second-order valence-corrected chi connectivity index (χ2v) is 6.00. The standard InChI is InChI=1S/C11H16ClNO3S/c1-3-17(14,15)13-8-11(16-2)9-6-4-5-7-10(9)12/h4-7,11,13H,3,8H2,1-2H3. The highest BCUT2D eigenvalue weighted by Gasteiger charge is 2.16. The summed E-state index contributed by atoms with van der Waals surface area (Å²) in [6.07, 6.45) is -0.384. The summed E-state index contributed by atoms with van der Waals surface area (Å²) in [6, 6.07) is 7.21. The molecular formula is C11H16ClNO3S. The van der Waals surface area contributed by atoms with Gasteiger partial charge in [-0.2, -0.15) is 0 Å². The molecule has 0 fully saturated rings. The van der Waals surface area contributed by atoms with Crippen LogP contribution in [-0.2, 0) is 14.8 Å². The van der Waals surface area contributed by atoms with Crippen LogP contribution in [0, 0.1) is 0 Å². The molecule has 17 heavy (non-hydrogen) atoms. The van der Waals surface area contributed by atoms with Gasteiger partial charge in [0.2, 0.25) is 10.0 Å². The van der Waals surface area contributed by atoms with Gasteiger partial charge < -0.3 is 4.74 Å². The Bertz CT molecular complexity index is 462. The van der Waals surface area contributed by atoms with E-state index in [0.29, 0.717) is 5.02 Å². The second-order valence-electron chi connectivity index (χ2n) is 3.50. The molecule has 0 saturated carbocycles. The predicted molar refractivity (Wildman–Crippen MR) is 68.7 cm³/mol. The van der Waals surface area contributed by atoms with Crippen LogP contribution in [0.5, 0.6) is 0 Å². The molecule has 0 aliphatic rings. The molecule has 1 aromatic rings. The lowest BCUT2D eigenvalue weighted by Crippen LogP contribution is -2.30. The van der Waals surface area contributed by atoms with Crippen LogP contribution in [0.3, 0.4) is 0 Å². The van der Waals surface area contributed by atoms with Crippen molar-refractivity contribution in [1.82, 2.24) is 4.72 Å². The first-order valence-electron chi connectivity index (χ1n) is 5.24. The van der Waals surface area contributed by atoms with E-state index in [1.165, 1.54) is 7.11 Å². The summed E-state index contributed by atoms with van der Waals surface area (Å²) < 4.78 is 30.4. The van der Waals surface area contributed by atoms with Crippen LogP contribution >= 0.6 is 11.6 Å². The van der Waals surface area contributed by atoms with Gasteiger partial charge in [-0.05, 0) is 13.0 Å². The third-order valence-electron chi connectivity index (χ3n) is 2.41. The van der Waals surface area contributed by atoms with Gasteiger partial charge in [0.15, 0.2) is 0 Å². The van der Waals surface area contributed by atoms with Crippen LogP contribution in [0.2, 0.25) is 5.02 Å². The van der Waals surface area contributed by atoms with Gasteiger partial charge in [-0.15, -0.1) is 0 Å². The van der Waals surface area contributed by atoms with Gasteiger partial charge in [0, 0.05) is 24.2 Å². The van der Waals surface area contributed by atoms with Crippen molar-refractivity contribution in [2.75, 3.05) is 19.4 Å². The number of halogens is 1. The maximum absolute atomic E-state index is 11.3. The Balaban J connectivity index is 2.77. The Morgan fingerprint density at radius 1 is 1.41 bits per heavy atom. The molecule has 6 heteroatoms. The summed E-state index contributed by atoms with van der Waals surface area (Å²) in [5.41, 5.74) is 0.774. The molecule has 0 amide bonds. The average molecular weight is 278 g/mol. The average Bonchev–Trinajstić information content (AvgIpc) is 2.32.